The van der Waals surface area contributed by atoms with Crippen LogP contribution in [-0.4, -0.2) is 23.2 Å². The van der Waals surface area contributed by atoms with E-state index in [1.165, 1.54) is 35.1 Å². The van der Waals surface area contributed by atoms with Crippen molar-refractivity contribution in [2.75, 3.05) is 6.61 Å². The summed E-state index contributed by atoms with van der Waals surface area (Å²) in [7, 11) is 0. The predicted octanol–water partition coefficient (Wildman–Crippen LogP) is 5.56. The normalized spacial score (nSPS) is 21.0. The summed E-state index contributed by atoms with van der Waals surface area (Å²) in [5, 5.41) is 12.8. The van der Waals surface area contributed by atoms with Crippen molar-refractivity contribution in [1.29, 1.82) is 0 Å². The molecule has 2 aliphatic rings. The minimum Gasteiger partial charge on any atom is -0.456 e. The van der Waals surface area contributed by atoms with Gasteiger partial charge in [0.15, 0.2) is 5.76 Å². The number of aliphatic hydroxyl groups excluding tert-OH is 1. The molecule has 2 N–H and O–H groups in total. The molecule has 4 heteroatoms. The van der Waals surface area contributed by atoms with Crippen molar-refractivity contribution in [2.24, 2.45) is 0 Å². The van der Waals surface area contributed by atoms with Gasteiger partial charge < -0.3 is 14.8 Å². The van der Waals surface area contributed by atoms with Gasteiger partial charge in [-0.25, -0.2) is 0 Å². The Hall–Kier alpha value is -2.07. The van der Waals surface area contributed by atoms with E-state index in [-0.39, 0.29) is 23.3 Å². The van der Waals surface area contributed by atoms with Crippen LogP contribution in [0.25, 0.3) is 0 Å². The summed E-state index contributed by atoms with van der Waals surface area (Å²) in [6, 6.07) is 8.40. The Morgan fingerprint density at radius 1 is 1.00 bits per heavy atom. The lowest BCUT2D eigenvalue weighted by molar-refractivity contribution is 0.0809. The number of hydrogen-bond acceptors (Lipinski definition) is 3. The average molecular weight is 424 g/mol. The third kappa shape index (κ3) is 4.19. The number of nitrogens with one attached hydrogen (secondary N) is 1. The third-order valence-corrected chi connectivity index (χ3v) is 7.80. The van der Waals surface area contributed by atoms with Crippen LogP contribution in [0.15, 0.2) is 28.7 Å². The fourth-order valence-corrected chi connectivity index (χ4v) is 5.42. The number of aliphatic hydroxyl groups is 1. The molecule has 168 valence electrons. The first-order valence-electron chi connectivity index (χ1n) is 11.7. The van der Waals surface area contributed by atoms with E-state index >= 15 is 0 Å². The van der Waals surface area contributed by atoms with Gasteiger partial charge in [0, 0.05) is 6.42 Å². The second-order valence-corrected chi connectivity index (χ2v) is 11.1. The Kier molecular flexibility index (Phi) is 5.58. The highest BCUT2D eigenvalue weighted by Gasteiger charge is 2.38. The highest BCUT2D eigenvalue weighted by molar-refractivity contribution is 5.92. The number of fused-ring (bicyclic) bond motifs is 1. The van der Waals surface area contributed by atoms with Crippen molar-refractivity contribution < 1.29 is 14.3 Å². The van der Waals surface area contributed by atoms with E-state index in [1.54, 1.807) is 6.07 Å². The van der Waals surface area contributed by atoms with Crippen molar-refractivity contribution in [3.8, 4) is 0 Å². The van der Waals surface area contributed by atoms with Crippen LogP contribution in [0.4, 0.5) is 0 Å². The van der Waals surface area contributed by atoms with Crippen molar-refractivity contribution in [3.63, 3.8) is 0 Å². The van der Waals surface area contributed by atoms with Gasteiger partial charge in [-0.2, -0.15) is 0 Å². The van der Waals surface area contributed by atoms with Crippen LogP contribution in [0.1, 0.15) is 105 Å². The number of benzene rings is 1. The lowest BCUT2D eigenvalue weighted by atomic mass is 9.62. The second kappa shape index (κ2) is 7.81. The van der Waals surface area contributed by atoms with E-state index in [2.05, 4.69) is 52.1 Å². The smallest absolute Gasteiger partial charge is 0.287 e. The number of carbonyl (C=O) groups excluding carboxylic acids is 1. The van der Waals surface area contributed by atoms with Gasteiger partial charge in [0.1, 0.15) is 5.76 Å². The average Bonchev–Trinajstić information content (AvgIpc) is 3.37. The Morgan fingerprint density at radius 3 is 2.23 bits per heavy atom. The van der Waals surface area contributed by atoms with Crippen LogP contribution in [0.2, 0.25) is 0 Å². The second-order valence-electron chi connectivity index (χ2n) is 11.1. The molecule has 1 heterocycles. The number of rotatable bonds is 5. The molecule has 1 saturated carbocycles. The zero-order valence-electron chi connectivity index (χ0n) is 19.7. The SMILES string of the molecule is Cc1cc2c(cc1Cc1ccc(C(=O)NC3(CO)CCCC3)o1)C(C)(C)CCC2(C)C. The van der Waals surface area contributed by atoms with E-state index in [9.17, 15) is 9.90 Å². The largest absolute Gasteiger partial charge is 0.456 e. The van der Waals surface area contributed by atoms with Crippen LogP contribution >= 0.6 is 0 Å². The molecule has 0 saturated heterocycles. The van der Waals surface area contributed by atoms with Crippen molar-refractivity contribution in [1.82, 2.24) is 5.32 Å². The standard InChI is InChI=1S/C27H37NO3/c1-18-14-21-22(26(4,5)13-12-25(21,2)3)16-19(18)15-20-8-9-23(31-20)24(30)28-27(17-29)10-6-7-11-27/h8-9,14,16,29H,6-7,10-13,15,17H2,1-5H3,(H,28,30). The van der Waals surface area contributed by atoms with Gasteiger partial charge in [-0.1, -0.05) is 52.7 Å². The molecule has 0 aliphatic heterocycles. The summed E-state index contributed by atoms with van der Waals surface area (Å²) >= 11 is 0. The summed E-state index contributed by atoms with van der Waals surface area (Å²) in [5.41, 5.74) is 5.33. The molecular weight excluding hydrogens is 386 g/mol. The summed E-state index contributed by atoms with van der Waals surface area (Å²) in [5.74, 6) is 0.893. The number of aryl methyl sites for hydroxylation is 1. The first-order valence-corrected chi connectivity index (χ1v) is 11.7. The van der Waals surface area contributed by atoms with Gasteiger partial charge in [0.2, 0.25) is 0 Å². The molecule has 0 unspecified atom stereocenters. The summed E-state index contributed by atoms with van der Waals surface area (Å²) < 4.78 is 5.95. The predicted molar refractivity (Wildman–Crippen MR) is 124 cm³/mol. The topological polar surface area (TPSA) is 62.5 Å². The molecule has 1 aromatic carbocycles. The summed E-state index contributed by atoms with van der Waals surface area (Å²) in [6.07, 6.45) is 6.79. The molecule has 0 atom stereocenters. The third-order valence-electron chi connectivity index (χ3n) is 7.80. The Bertz CT molecular complexity index is 976. The molecule has 0 radical (unpaired) electrons. The van der Waals surface area contributed by atoms with Gasteiger partial charge in [-0.3, -0.25) is 4.79 Å². The zero-order valence-corrected chi connectivity index (χ0v) is 19.7. The van der Waals surface area contributed by atoms with Gasteiger partial charge >= 0.3 is 0 Å². The van der Waals surface area contributed by atoms with Crippen LogP contribution < -0.4 is 5.32 Å². The maximum Gasteiger partial charge on any atom is 0.287 e. The molecule has 31 heavy (non-hydrogen) atoms. The van der Waals surface area contributed by atoms with Crippen LogP contribution in [-0.2, 0) is 17.3 Å². The number of carbonyl (C=O) groups is 1. The Morgan fingerprint density at radius 2 is 1.61 bits per heavy atom. The monoisotopic (exact) mass is 423 g/mol. The molecule has 4 nitrogen and oxygen atoms in total. The molecule has 2 aliphatic carbocycles. The maximum atomic E-state index is 12.7. The van der Waals surface area contributed by atoms with Crippen LogP contribution in [0, 0.1) is 6.92 Å². The molecule has 4 rings (SSSR count). The Labute approximate surface area is 186 Å². The molecule has 0 spiro atoms. The maximum absolute atomic E-state index is 12.7. The highest BCUT2D eigenvalue weighted by Crippen LogP contribution is 2.46. The fraction of sp³-hybridized carbons (Fsp3) is 0.593. The number of amides is 1. The quantitative estimate of drug-likeness (QED) is 0.661. The molecular formula is C27H37NO3. The molecule has 1 amide bonds. The highest BCUT2D eigenvalue weighted by atomic mass is 16.4. The summed E-state index contributed by atoms with van der Waals surface area (Å²) in [6.45, 7) is 11.5. The first-order chi connectivity index (χ1) is 14.6. The lowest BCUT2D eigenvalue weighted by Gasteiger charge is -2.42. The van der Waals surface area contributed by atoms with Gasteiger partial charge in [0.05, 0.1) is 12.1 Å². The minimum atomic E-state index is -0.489. The van der Waals surface area contributed by atoms with E-state index in [0.29, 0.717) is 12.2 Å². The molecule has 1 fully saturated rings. The summed E-state index contributed by atoms with van der Waals surface area (Å²) in [4.78, 5) is 12.7. The number of furan rings is 1. The first kappa shape index (κ1) is 22.1. The van der Waals surface area contributed by atoms with E-state index in [4.69, 9.17) is 4.42 Å². The lowest BCUT2D eigenvalue weighted by Crippen LogP contribution is -2.49. The zero-order chi connectivity index (χ0) is 22.4. The Balaban J connectivity index is 1.56. The van der Waals surface area contributed by atoms with Gasteiger partial charge in [-0.15, -0.1) is 0 Å². The van der Waals surface area contributed by atoms with E-state index in [1.807, 2.05) is 6.07 Å². The minimum absolute atomic E-state index is 0.0211. The fourth-order valence-electron chi connectivity index (χ4n) is 5.42. The van der Waals surface area contributed by atoms with Crippen molar-refractivity contribution in [3.05, 3.63) is 58.0 Å². The molecule has 0 bridgehead atoms. The van der Waals surface area contributed by atoms with Gasteiger partial charge in [0.25, 0.3) is 5.91 Å². The van der Waals surface area contributed by atoms with Crippen LogP contribution in [0.5, 0.6) is 0 Å². The molecule has 1 aromatic heterocycles. The van der Waals surface area contributed by atoms with E-state index < -0.39 is 5.54 Å². The number of hydrogen-bond donors (Lipinski definition) is 2. The van der Waals surface area contributed by atoms with Crippen molar-refractivity contribution in [2.45, 2.75) is 95.9 Å². The van der Waals surface area contributed by atoms with E-state index in [0.717, 1.165) is 31.4 Å². The van der Waals surface area contributed by atoms with Gasteiger partial charge in [-0.05, 0) is 77.8 Å². The van der Waals surface area contributed by atoms with Crippen LogP contribution in [0.3, 0.4) is 0 Å². The van der Waals surface area contributed by atoms with Crippen molar-refractivity contribution >= 4 is 5.91 Å². The molecule has 2 aromatic rings.